The molecule has 6 heteroatoms. The molecule has 0 rings (SSSR count). The van der Waals surface area contributed by atoms with Gasteiger partial charge in [0.1, 0.15) is 12.3 Å². The van der Waals surface area contributed by atoms with E-state index in [-0.39, 0.29) is 30.5 Å². The van der Waals surface area contributed by atoms with Crippen molar-refractivity contribution in [3.8, 4) is 0 Å². The summed E-state index contributed by atoms with van der Waals surface area (Å²) in [6.45, 7) is 5.36. The maximum Gasteiger partial charge on any atom is 0.325 e. The Morgan fingerprint density at radius 1 is 1.47 bits per heavy atom. The normalized spacial score (nSPS) is 10.6. The van der Waals surface area contributed by atoms with E-state index in [0.29, 0.717) is 0 Å². The number of esters is 1. The van der Waals surface area contributed by atoms with Crippen molar-refractivity contribution in [1.82, 2.24) is 10.2 Å². The van der Waals surface area contributed by atoms with E-state index in [1.165, 1.54) is 4.90 Å². The Labute approximate surface area is 101 Å². The minimum Gasteiger partial charge on any atom is -0.506 e. The molecule has 0 bridgehead atoms. The molecule has 0 heterocycles. The van der Waals surface area contributed by atoms with Crippen LogP contribution in [0.1, 0.15) is 6.92 Å². The van der Waals surface area contributed by atoms with Gasteiger partial charge in [-0.15, -0.1) is 0 Å². The topological polar surface area (TPSA) is 78.9 Å². The van der Waals surface area contributed by atoms with E-state index in [0.717, 1.165) is 6.08 Å². The van der Waals surface area contributed by atoms with Crippen LogP contribution in [0.4, 0.5) is 0 Å². The predicted octanol–water partition coefficient (Wildman–Crippen LogP) is 0.183. The average Bonchev–Trinajstić information content (AvgIpc) is 2.25. The SMILES string of the molecule is C=C(NCC(=O)OCC)/C(O)=C/C(=O)N(C)C. The number of aliphatic hydroxyl groups is 1. The number of ether oxygens (including phenoxy) is 1. The van der Waals surface area contributed by atoms with Gasteiger partial charge in [-0.1, -0.05) is 6.58 Å². The quantitative estimate of drug-likeness (QED) is 0.301. The number of rotatable bonds is 6. The van der Waals surface area contributed by atoms with Gasteiger partial charge in [0.15, 0.2) is 0 Å². The van der Waals surface area contributed by atoms with Crippen LogP contribution in [0.15, 0.2) is 24.1 Å². The Hall–Kier alpha value is -1.98. The Bertz CT molecular complexity index is 334. The molecule has 0 aromatic carbocycles. The van der Waals surface area contributed by atoms with Gasteiger partial charge in [-0.25, -0.2) is 0 Å². The van der Waals surface area contributed by atoms with E-state index in [1.807, 2.05) is 0 Å². The Morgan fingerprint density at radius 2 is 2.06 bits per heavy atom. The van der Waals surface area contributed by atoms with Gasteiger partial charge in [-0.2, -0.15) is 0 Å². The molecule has 0 unspecified atom stereocenters. The summed E-state index contributed by atoms with van der Waals surface area (Å²) in [5, 5.41) is 12.0. The second kappa shape index (κ2) is 7.32. The van der Waals surface area contributed by atoms with Crippen LogP contribution in [0.2, 0.25) is 0 Å². The minimum absolute atomic E-state index is 0.0910. The number of carbonyl (C=O) groups excluding carboxylic acids is 2. The number of likely N-dealkylation sites (N-methyl/N-ethyl adjacent to an activating group) is 1. The molecular weight excluding hydrogens is 224 g/mol. The Kier molecular flexibility index (Phi) is 6.47. The molecule has 0 saturated heterocycles. The summed E-state index contributed by atoms with van der Waals surface area (Å²) in [4.78, 5) is 23.5. The van der Waals surface area contributed by atoms with Gasteiger partial charge in [-0.05, 0) is 6.92 Å². The van der Waals surface area contributed by atoms with E-state index in [4.69, 9.17) is 0 Å². The molecule has 0 spiro atoms. The number of hydrogen-bond acceptors (Lipinski definition) is 5. The van der Waals surface area contributed by atoms with Crippen molar-refractivity contribution >= 4 is 11.9 Å². The number of nitrogens with one attached hydrogen (secondary N) is 1. The summed E-state index contributed by atoms with van der Waals surface area (Å²) in [6, 6.07) is 0. The second-order valence-electron chi connectivity index (χ2n) is 3.40. The van der Waals surface area contributed by atoms with E-state index in [9.17, 15) is 14.7 Å². The fraction of sp³-hybridized carbons (Fsp3) is 0.455. The van der Waals surface area contributed by atoms with Crippen molar-refractivity contribution in [2.24, 2.45) is 0 Å². The van der Waals surface area contributed by atoms with Crippen LogP contribution in [0.25, 0.3) is 0 Å². The largest absolute Gasteiger partial charge is 0.506 e. The molecule has 0 aliphatic heterocycles. The third-order valence-electron chi connectivity index (χ3n) is 1.76. The number of aliphatic hydroxyl groups excluding tert-OH is 1. The van der Waals surface area contributed by atoms with Crippen LogP contribution >= 0.6 is 0 Å². The van der Waals surface area contributed by atoms with Crippen LogP contribution in [0.3, 0.4) is 0 Å². The molecule has 0 saturated carbocycles. The summed E-state index contributed by atoms with van der Waals surface area (Å²) < 4.78 is 4.67. The highest BCUT2D eigenvalue weighted by Crippen LogP contribution is 2.00. The molecule has 0 aliphatic rings. The maximum atomic E-state index is 11.2. The van der Waals surface area contributed by atoms with Crippen LogP contribution < -0.4 is 5.32 Å². The molecule has 0 atom stereocenters. The van der Waals surface area contributed by atoms with Crippen LogP contribution in [0.5, 0.6) is 0 Å². The lowest BCUT2D eigenvalue weighted by Crippen LogP contribution is -2.25. The smallest absolute Gasteiger partial charge is 0.325 e. The summed E-state index contributed by atoms with van der Waals surface area (Å²) >= 11 is 0. The lowest BCUT2D eigenvalue weighted by Gasteiger charge is -2.10. The van der Waals surface area contributed by atoms with E-state index >= 15 is 0 Å². The predicted molar refractivity (Wildman–Crippen MR) is 63.2 cm³/mol. The number of carbonyl (C=O) groups is 2. The minimum atomic E-state index is -0.458. The van der Waals surface area contributed by atoms with Gasteiger partial charge in [0.25, 0.3) is 0 Å². The molecule has 0 radical (unpaired) electrons. The van der Waals surface area contributed by atoms with Crippen molar-refractivity contribution in [2.75, 3.05) is 27.2 Å². The molecule has 0 aliphatic carbocycles. The molecule has 17 heavy (non-hydrogen) atoms. The zero-order valence-corrected chi connectivity index (χ0v) is 10.3. The molecule has 6 nitrogen and oxygen atoms in total. The maximum absolute atomic E-state index is 11.2. The zero-order valence-electron chi connectivity index (χ0n) is 10.3. The number of hydrogen-bond donors (Lipinski definition) is 2. The van der Waals surface area contributed by atoms with Gasteiger partial charge in [-0.3, -0.25) is 9.59 Å². The average molecular weight is 242 g/mol. The first-order valence-corrected chi connectivity index (χ1v) is 5.09. The van der Waals surface area contributed by atoms with Crippen molar-refractivity contribution in [1.29, 1.82) is 0 Å². The molecule has 1 amide bonds. The third-order valence-corrected chi connectivity index (χ3v) is 1.76. The van der Waals surface area contributed by atoms with Crippen molar-refractivity contribution in [3.63, 3.8) is 0 Å². The third kappa shape index (κ3) is 6.24. The summed E-state index contributed by atoms with van der Waals surface area (Å²) in [6.07, 6.45) is 1.01. The molecule has 96 valence electrons. The fourth-order valence-electron chi connectivity index (χ4n) is 0.815. The Morgan fingerprint density at radius 3 is 2.53 bits per heavy atom. The molecule has 0 aromatic heterocycles. The lowest BCUT2D eigenvalue weighted by molar-refractivity contribution is -0.141. The molecule has 0 fully saturated rings. The summed E-state index contributed by atoms with van der Waals surface area (Å²) in [5.74, 6) is -1.14. The van der Waals surface area contributed by atoms with Gasteiger partial charge < -0.3 is 20.1 Å². The van der Waals surface area contributed by atoms with Crippen LogP contribution in [-0.2, 0) is 14.3 Å². The second-order valence-corrected chi connectivity index (χ2v) is 3.40. The monoisotopic (exact) mass is 242 g/mol. The van der Waals surface area contributed by atoms with Gasteiger partial charge >= 0.3 is 5.97 Å². The first-order valence-electron chi connectivity index (χ1n) is 5.09. The highest BCUT2D eigenvalue weighted by molar-refractivity contribution is 5.88. The van der Waals surface area contributed by atoms with E-state index in [2.05, 4.69) is 16.6 Å². The summed E-state index contributed by atoms with van der Waals surface area (Å²) in [5.41, 5.74) is 0.0910. The van der Waals surface area contributed by atoms with E-state index < -0.39 is 5.97 Å². The summed E-state index contributed by atoms with van der Waals surface area (Å²) in [7, 11) is 3.11. The fourth-order valence-corrected chi connectivity index (χ4v) is 0.815. The van der Waals surface area contributed by atoms with Gasteiger partial charge in [0.05, 0.1) is 12.3 Å². The Balaban J connectivity index is 4.23. The first kappa shape index (κ1) is 15.0. The number of nitrogens with zero attached hydrogens (tertiary/aromatic N) is 1. The number of amides is 1. The van der Waals surface area contributed by atoms with Crippen LogP contribution in [-0.4, -0.2) is 49.1 Å². The standard InChI is InChI=1S/C11H18N2O4/c1-5-17-11(16)7-12-8(2)9(14)6-10(15)13(3)4/h6,12,14H,2,5,7H2,1,3-4H3/b9-6-. The van der Waals surface area contributed by atoms with Crippen molar-refractivity contribution < 1.29 is 19.4 Å². The molecular formula is C11H18N2O4. The van der Waals surface area contributed by atoms with Gasteiger partial charge in [0, 0.05) is 20.2 Å². The lowest BCUT2D eigenvalue weighted by atomic mass is 10.3. The van der Waals surface area contributed by atoms with Gasteiger partial charge in [0.2, 0.25) is 5.91 Å². The van der Waals surface area contributed by atoms with Crippen molar-refractivity contribution in [2.45, 2.75) is 6.92 Å². The highest BCUT2D eigenvalue weighted by atomic mass is 16.5. The van der Waals surface area contributed by atoms with Crippen molar-refractivity contribution in [3.05, 3.63) is 24.1 Å². The highest BCUT2D eigenvalue weighted by Gasteiger charge is 2.07. The zero-order chi connectivity index (χ0) is 13.4. The molecule has 0 aromatic rings. The first-order chi connectivity index (χ1) is 7.88. The molecule has 2 N–H and O–H groups in total. The van der Waals surface area contributed by atoms with Crippen LogP contribution in [0, 0.1) is 0 Å². The van der Waals surface area contributed by atoms with E-state index in [1.54, 1.807) is 21.0 Å².